The summed E-state index contributed by atoms with van der Waals surface area (Å²) in [4.78, 5) is 23.7. The quantitative estimate of drug-likeness (QED) is 0.485. The van der Waals surface area contributed by atoms with Crippen LogP contribution in [0.3, 0.4) is 0 Å². The molecular formula is C28H33N5O2. The third-order valence-corrected chi connectivity index (χ3v) is 6.16. The van der Waals surface area contributed by atoms with Crippen LogP contribution in [-0.2, 0) is 0 Å². The summed E-state index contributed by atoms with van der Waals surface area (Å²) in [6.45, 7) is 10.4. The molecule has 1 aromatic heterocycles. The number of carbonyl (C=O) groups excluding carboxylic acids is 1. The van der Waals surface area contributed by atoms with Crippen LogP contribution in [0.5, 0.6) is 5.75 Å². The van der Waals surface area contributed by atoms with Gasteiger partial charge in [-0.1, -0.05) is 5.92 Å². The van der Waals surface area contributed by atoms with Crippen molar-refractivity contribution in [3.8, 4) is 18.1 Å². The number of likely N-dealkylation sites (tertiary alicyclic amines) is 1. The van der Waals surface area contributed by atoms with Gasteiger partial charge in [-0.25, -0.2) is 9.97 Å². The number of anilines is 2. The van der Waals surface area contributed by atoms with E-state index < -0.39 is 0 Å². The van der Waals surface area contributed by atoms with Gasteiger partial charge in [0, 0.05) is 54.1 Å². The number of hydrogen-bond donors (Lipinski definition) is 2. The maximum Gasteiger partial charge on any atom is 0.251 e. The standard InChI is InChI=1S/C28H33N5O2/c1-6-20-15-22-17-29-28(31-23-9-7-21(8-10-23)27(34)30-18(2)3)32-25(22)16-26(20)35-24-11-13-33(14-12-24)19(4)5/h1,7-10,15-19,24H,11-14H2,2-5H3,(H,30,34)(H,29,31,32). The van der Waals surface area contributed by atoms with Crippen molar-refractivity contribution in [3.05, 3.63) is 53.7 Å². The van der Waals surface area contributed by atoms with Crippen molar-refractivity contribution < 1.29 is 9.53 Å². The van der Waals surface area contributed by atoms with E-state index in [-0.39, 0.29) is 18.1 Å². The Kier molecular flexibility index (Phi) is 7.52. The van der Waals surface area contributed by atoms with Crippen molar-refractivity contribution in [1.29, 1.82) is 0 Å². The molecule has 0 unspecified atom stereocenters. The molecule has 35 heavy (non-hydrogen) atoms. The first-order valence-electron chi connectivity index (χ1n) is 12.2. The number of amides is 1. The average Bonchev–Trinajstić information content (AvgIpc) is 2.84. The third-order valence-electron chi connectivity index (χ3n) is 6.16. The van der Waals surface area contributed by atoms with Crippen LogP contribution in [0.1, 0.15) is 56.5 Å². The first kappa shape index (κ1) is 24.5. The van der Waals surface area contributed by atoms with Crippen LogP contribution in [0.2, 0.25) is 0 Å². The molecule has 0 aliphatic carbocycles. The first-order chi connectivity index (χ1) is 16.8. The second kappa shape index (κ2) is 10.7. The summed E-state index contributed by atoms with van der Waals surface area (Å²) in [6.07, 6.45) is 9.62. The van der Waals surface area contributed by atoms with E-state index in [1.165, 1.54) is 0 Å². The Labute approximate surface area is 207 Å². The molecule has 1 saturated heterocycles. The fraction of sp³-hybridized carbons (Fsp3) is 0.393. The lowest BCUT2D eigenvalue weighted by atomic mass is 10.1. The van der Waals surface area contributed by atoms with Gasteiger partial charge in [0.05, 0.1) is 11.1 Å². The molecule has 3 aromatic rings. The predicted molar refractivity (Wildman–Crippen MR) is 140 cm³/mol. The molecule has 1 amide bonds. The number of ether oxygens (including phenoxy) is 1. The summed E-state index contributed by atoms with van der Waals surface area (Å²) < 4.78 is 6.35. The maximum atomic E-state index is 12.2. The second-order valence-corrected chi connectivity index (χ2v) is 9.52. The normalized spacial score (nSPS) is 14.8. The number of carbonyl (C=O) groups is 1. The molecule has 182 valence electrons. The molecule has 4 rings (SSSR count). The van der Waals surface area contributed by atoms with Gasteiger partial charge in [-0.05, 0) is 70.9 Å². The molecule has 1 aliphatic heterocycles. The van der Waals surface area contributed by atoms with E-state index in [0.29, 0.717) is 28.9 Å². The molecule has 7 nitrogen and oxygen atoms in total. The zero-order valence-electron chi connectivity index (χ0n) is 20.8. The number of nitrogens with zero attached hydrogens (tertiary/aromatic N) is 3. The van der Waals surface area contributed by atoms with E-state index in [4.69, 9.17) is 11.2 Å². The number of terminal acetylenes is 1. The Balaban J connectivity index is 1.49. The minimum atomic E-state index is -0.0970. The van der Waals surface area contributed by atoms with E-state index >= 15 is 0 Å². The van der Waals surface area contributed by atoms with E-state index in [1.54, 1.807) is 18.3 Å². The van der Waals surface area contributed by atoms with Crippen molar-refractivity contribution in [2.24, 2.45) is 0 Å². The highest BCUT2D eigenvalue weighted by atomic mass is 16.5. The zero-order valence-corrected chi connectivity index (χ0v) is 20.8. The summed E-state index contributed by atoms with van der Waals surface area (Å²) in [5, 5.41) is 6.95. The van der Waals surface area contributed by atoms with Gasteiger partial charge in [-0.2, -0.15) is 0 Å². The van der Waals surface area contributed by atoms with E-state index in [1.807, 2.05) is 38.1 Å². The molecular weight excluding hydrogens is 438 g/mol. The van der Waals surface area contributed by atoms with Gasteiger partial charge in [0.15, 0.2) is 0 Å². The van der Waals surface area contributed by atoms with E-state index in [9.17, 15) is 4.79 Å². The highest BCUT2D eigenvalue weighted by molar-refractivity contribution is 5.94. The van der Waals surface area contributed by atoms with Gasteiger partial charge >= 0.3 is 0 Å². The number of nitrogens with one attached hydrogen (secondary N) is 2. The van der Waals surface area contributed by atoms with E-state index in [2.05, 4.69) is 45.3 Å². The Bertz CT molecular complexity index is 1220. The SMILES string of the molecule is C#Cc1cc2cnc(Nc3ccc(C(=O)NC(C)C)cc3)nc2cc1OC1CCN(C(C)C)CC1. The third kappa shape index (κ3) is 6.09. The highest BCUT2D eigenvalue weighted by Crippen LogP contribution is 2.28. The zero-order chi connectivity index (χ0) is 24.9. The molecule has 0 bridgehead atoms. The molecule has 0 spiro atoms. The topological polar surface area (TPSA) is 79.4 Å². The molecule has 2 heterocycles. The van der Waals surface area contributed by atoms with Crippen molar-refractivity contribution in [1.82, 2.24) is 20.2 Å². The smallest absolute Gasteiger partial charge is 0.251 e. The maximum absolute atomic E-state index is 12.2. The Morgan fingerprint density at radius 2 is 1.86 bits per heavy atom. The Hall–Kier alpha value is -3.63. The molecule has 7 heteroatoms. The monoisotopic (exact) mass is 471 g/mol. The highest BCUT2D eigenvalue weighted by Gasteiger charge is 2.23. The van der Waals surface area contributed by atoms with Crippen molar-refractivity contribution >= 4 is 28.4 Å². The molecule has 2 aromatic carbocycles. The first-order valence-corrected chi connectivity index (χ1v) is 12.2. The number of aromatic nitrogens is 2. The van der Waals surface area contributed by atoms with Crippen molar-refractivity contribution in [2.45, 2.75) is 58.7 Å². The molecule has 2 N–H and O–H groups in total. The number of rotatable bonds is 7. The number of fused-ring (bicyclic) bond motifs is 1. The van der Waals surface area contributed by atoms with Gasteiger partial charge < -0.3 is 20.3 Å². The number of benzene rings is 2. The van der Waals surface area contributed by atoms with Crippen LogP contribution in [0, 0.1) is 12.3 Å². The summed E-state index contributed by atoms with van der Waals surface area (Å²) in [5.41, 5.74) is 2.86. The molecule has 0 saturated carbocycles. The van der Waals surface area contributed by atoms with Crippen LogP contribution < -0.4 is 15.4 Å². The lowest BCUT2D eigenvalue weighted by molar-refractivity contribution is 0.0842. The Morgan fingerprint density at radius 1 is 1.14 bits per heavy atom. The summed E-state index contributed by atoms with van der Waals surface area (Å²) in [6, 6.07) is 11.7. The fourth-order valence-electron chi connectivity index (χ4n) is 4.20. The van der Waals surface area contributed by atoms with Crippen molar-refractivity contribution in [2.75, 3.05) is 18.4 Å². The lowest BCUT2D eigenvalue weighted by Crippen LogP contribution is -2.41. The molecule has 0 atom stereocenters. The van der Waals surface area contributed by atoms with Crippen molar-refractivity contribution in [3.63, 3.8) is 0 Å². The summed E-state index contributed by atoms with van der Waals surface area (Å²) in [7, 11) is 0. The summed E-state index contributed by atoms with van der Waals surface area (Å²) >= 11 is 0. The van der Waals surface area contributed by atoms with Crippen LogP contribution >= 0.6 is 0 Å². The molecule has 1 fully saturated rings. The Morgan fingerprint density at radius 3 is 2.49 bits per heavy atom. The largest absolute Gasteiger partial charge is 0.489 e. The molecule has 0 radical (unpaired) electrons. The minimum absolute atomic E-state index is 0.0861. The van der Waals surface area contributed by atoms with Gasteiger partial charge in [0.25, 0.3) is 5.91 Å². The van der Waals surface area contributed by atoms with Crippen LogP contribution in [0.25, 0.3) is 10.9 Å². The second-order valence-electron chi connectivity index (χ2n) is 9.52. The van der Waals surface area contributed by atoms with Gasteiger partial charge in [-0.15, -0.1) is 6.42 Å². The van der Waals surface area contributed by atoms with Crippen LogP contribution in [0.15, 0.2) is 42.6 Å². The van der Waals surface area contributed by atoms with Gasteiger partial charge in [0.1, 0.15) is 11.9 Å². The average molecular weight is 472 g/mol. The van der Waals surface area contributed by atoms with E-state index in [0.717, 1.165) is 42.5 Å². The summed E-state index contributed by atoms with van der Waals surface area (Å²) in [5.74, 6) is 3.80. The number of piperidine rings is 1. The lowest BCUT2D eigenvalue weighted by Gasteiger charge is -2.34. The minimum Gasteiger partial charge on any atom is -0.489 e. The van der Waals surface area contributed by atoms with Crippen LogP contribution in [-0.4, -0.2) is 52.1 Å². The molecule has 1 aliphatic rings. The van der Waals surface area contributed by atoms with Gasteiger partial charge in [-0.3, -0.25) is 4.79 Å². The fourth-order valence-corrected chi connectivity index (χ4v) is 4.20. The van der Waals surface area contributed by atoms with Gasteiger partial charge in [0.2, 0.25) is 5.95 Å². The van der Waals surface area contributed by atoms with Crippen LogP contribution in [0.4, 0.5) is 11.6 Å². The predicted octanol–water partition coefficient (Wildman–Crippen LogP) is 4.74. The number of hydrogen-bond acceptors (Lipinski definition) is 6.